The molecule has 0 N–H and O–H groups in total. The van der Waals surface area contributed by atoms with Crippen LogP contribution in [0.25, 0.3) is 0 Å². The lowest BCUT2D eigenvalue weighted by Crippen LogP contribution is -2.20. The van der Waals surface area contributed by atoms with Gasteiger partial charge in [-0.05, 0) is 12.5 Å². The quantitative estimate of drug-likeness (QED) is 0.698. The first-order valence-electron chi connectivity index (χ1n) is 5.00. The van der Waals surface area contributed by atoms with Crippen molar-refractivity contribution in [2.75, 3.05) is 18.5 Å². The highest BCUT2D eigenvalue weighted by Gasteiger charge is 2.06. The number of alkyl halides is 1. The summed E-state index contributed by atoms with van der Waals surface area (Å²) in [7, 11) is 2.06. The van der Waals surface area contributed by atoms with Crippen LogP contribution in [0, 0.1) is 0 Å². The SMILES string of the molecule is CCCCN(C)c1ncccc1CCl. The topological polar surface area (TPSA) is 16.1 Å². The zero-order valence-corrected chi connectivity index (χ0v) is 9.59. The van der Waals surface area contributed by atoms with Gasteiger partial charge >= 0.3 is 0 Å². The van der Waals surface area contributed by atoms with E-state index in [-0.39, 0.29) is 0 Å². The van der Waals surface area contributed by atoms with Crippen LogP contribution in [-0.4, -0.2) is 18.6 Å². The minimum Gasteiger partial charge on any atom is -0.359 e. The van der Waals surface area contributed by atoms with Crippen molar-refractivity contribution in [1.29, 1.82) is 0 Å². The van der Waals surface area contributed by atoms with Crippen LogP contribution in [0.3, 0.4) is 0 Å². The lowest BCUT2D eigenvalue weighted by molar-refractivity contribution is 0.757. The number of pyridine rings is 1. The van der Waals surface area contributed by atoms with Crippen LogP contribution in [-0.2, 0) is 5.88 Å². The third kappa shape index (κ3) is 2.88. The molecule has 0 amide bonds. The van der Waals surface area contributed by atoms with Crippen LogP contribution in [0.4, 0.5) is 5.82 Å². The Hall–Kier alpha value is -0.760. The van der Waals surface area contributed by atoms with E-state index in [2.05, 4.69) is 23.9 Å². The number of hydrogen-bond acceptors (Lipinski definition) is 2. The molecule has 0 aliphatic carbocycles. The third-order valence-corrected chi connectivity index (χ3v) is 2.51. The van der Waals surface area contributed by atoms with Crippen LogP contribution in [0.1, 0.15) is 25.3 Å². The van der Waals surface area contributed by atoms with E-state index in [0.717, 1.165) is 17.9 Å². The Kier molecular flexibility index (Phi) is 4.74. The zero-order valence-electron chi connectivity index (χ0n) is 8.83. The molecule has 0 aromatic carbocycles. The summed E-state index contributed by atoms with van der Waals surface area (Å²) in [6, 6.07) is 3.95. The Morgan fingerprint density at radius 2 is 2.29 bits per heavy atom. The summed E-state index contributed by atoms with van der Waals surface area (Å²) < 4.78 is 0. The average Bonchev–Trinajstić information content (AvgIpc) is 2.25. The van der Waals surface area contributed by atoms with Crippen LogP contribution in [0.15, 0.2) is 18.3 Å². The third-order valence-electron chi connectivity index (χ3n) is 2.22. The first-order valence-corrected chi connectivity index (χ1v) is 5.54. The fraction of sp³-hybridized carbons (Fsp3) is 0.545. The molecule has 0 unspecified atom stereocenters. The Balaban J connectivity index is 2.72. The highest BCUT2D eigenvalue weighted by Crippen LogP contribution is 2.17. The number of hydrogen-bond donors (Lipinski definition) is 0. The number of nitrogens with zero attached hydrogens (tertiary/aromatic N) is 2. The van der Waals surface area contributed by atoms with Gasteiger partial charge in [0.1, 0.15) is 5.82 Å². The molecule has 0 atom stereocenters. The van der Waals surface area contributed by atoms with Crippen molar-refractivity contribution in [2.24, 2.45) is 0 Å². The molecule has 0 spiro atoms. The van der Waals surface area contributed by atoms with Gasteiger partial charge < -0.3 is 4.90 Å². The second-order valence-corrected chi connectivity index (χ2v) is 3.66. The Morgan fingerprint density at radius 3 is 2.93 bits per heavy atom. The first kappa shape index (κ1) is 11.3. The minimum absolute atomic E-state index is 0.527. The first-order chi connectivity index (χ1) is 6.79. The van der Waals surface area contributed by atoms with E-state index in [9.17, 15) is 0 Å². The molecule has 1 heterocycles. The summed E-state index contributed by atoms with van der Waals surface area (Å²) in [4.78, 5) is 6.51. The van der Waals surface area contributed by atoms with E-state index in [1.54, 1.807) is 0 Å². The van der Waals surface area contributed by atoms with Gasteiger partial charge in [0.15, 0.2) is 0 Å². The van der Waals surface area contributed by atoms with Crippen LogP contribution >= 0.6 is 11.6 Å². The highest BCUT2D eigenvalue weighted by atomic mass is 35.5. The van der Waals surface area contributed by atoms with Crippen molar-refractivity contribution in [2.45, 2.75) is 25.6 Å². The number of unbranched alkanes of at least 4 members (excludes halogenated alkanes) is 1. The second kappa shape index (κ2) is 5.86. The maximum Gasteiger partial charge on any atom is 0.132 e. The van der Waals surface area contributed by atoms with Gasteiger partial charge in [-0.25, -0.2) is 4.98 Å². The van der Waals surface area contributed by atoms with Crippen LogP contribution in [0.5, 0.6) is 0 Å². The molecule has 1 aromatic heterocycles. The van der Waals surface area contributed by atoms with E-state index in [1.165, 1.54) is 12.8 Å². The summed E-state index contributed by atoms with van der Waals surface area (Å²) >= 11 is 5.84. The van der Waals surface area contributed by atoms with E-state index in [4.69, 9.17) is 11.6 Å². The lowest BCUT2D eigenvalue weighted by Gasteiger charge is -2.19. The van der Waals surface area contributed by atoms with Gasteiger partial charge in [-0.1, -0.05) is 19.4 Å². The summed E-state index contributed by atoms with van der Waals surface area (Å²) in [5.74, 6) is 1.54. The normalized spacial score (nSPS) is 10.2. The standard InChI is InChI=1S/C11H17ClN2/c1-3-4-8-14(2)11-10(9-12)6-5-7-13-11/h5-7H,3-4,8-9H2,1-2H3. The summed E-state index contributed by atoms with van der Waals surface area (Å²) in [6.45, 7) is 3.23. The lowest BCUT2D eigenvalue weighted by atomic mass is 10.2. The van der Waals surface area contributed by atoms with Crippen molar-refractivity contribution in [3.8, 4) is 0 Å². The molecule has 0 fully saturated rings. The van der Waals surface area contributed by atoms with E-state index in [1.807, 2.05) is 18.3 Å². The molecule has 2 nitrogen and oxygen atoms in total. The van der Waals surface area contributed by atoms with Gasteiger partial charge in [0.05, 0.1) is 5.88 Å². The Morgan fingerprint density at radius 1 is 1.50 bits per heavy atom. The maximum atomic E-state index is 5.84. The van der Waals surface area contributed by atoms with Crippen molar-refractivity contribution >= 4 is 17.4 Å². The van der Waals surface area contributed by atoms with Crippen molar-refractivity contribution < 1.29 is 0 Å². The van der Waals surface area contributed by atoms with Crippen LogP contribution < -0.4 is 4.90 Å². The monoisotopic (exact) mass is 212 g/mol. The predicted octanol–water partition coefficient (Wildman–Crippen LogP) is 3.06. The molecule has 0 radical (unpaired) electrons. The zero-order chi connectivity index (χ0) is 10.4. The summed E-state index contributed by atoms with van der Waals surface area (Å²) in [6.07, 6.45) is 4.20. The molecule has 0 aliphatic rings. The number of aromatic nitrogens is 1. The molecule has 0 bridgehead atoms. The van der Waals surface area contributed by atoms with Crippen molar-refractivity contribution in [1.82, 2.24) is 4.98 Å². The largest absolute Gasteiger partial charge is 0.359 e. The predicted molar refractivity (Wildman–Crippen MR) is 62.0 cm³/mol. The number of anilines is 1. The highest BCUT2D eigenvalue weighted by molar-refractivity contribution is 6.17. The fourth-order valence-electron chi connectivity index (χ4n) is 1.38. The molecule has 3 heteroatoms. The average molecular weight is 213 g/mol. The van der Waals surface area contributed by atoms with Gasteiger partial charge in [0.2, 0.25) is 0 Å². The summed E-state index contributed by atoms with van der Waals surface area (Å²) in [5.41, 5.74) is 1.10. The fourth-order valence-corrected chi connectivity index (χ4v) is 1.59. The molecular weight excluding hydrogens is 196 g/mol. The van der Waals surface area contributed by atoms with Gasteiger partial charge in [0.25, 0.3) is 0 Å². The molecule has 78 valence electrons. The molecule has 0 aliphatic heterocycles. The molecule has 14 heavy (non-hydrogen) atoms. The minimum atomic E-state index is 0.527. The van der Waals surface area contributed by atoms with Gasteiger partial charge in [-0.3, -0.25) is 0 Å². The van der Waals surface area contributed by atoms with E-state index < -0.39 is 0 Å². The van der Waals surface area contributed by atoms with E-state index >= 15 is 0 Å². The summed E-state index contributed by atoms with van der Waals surface area (Å²) in [5, 5.41) is 0. The second-order valence-electron chi connectivity index (χ2n) is 3.39. The van der Waals surface area contributed by atoms with Crippen LogP contribution in [0.2, 0.25) is 0 Å². The van der Waals surface area contributed by atoms with Gasteiger partial charge in [-0.15, -0.1) is 11.6 Å². The van der Waals surface area contributed by atoms with Crippen molar-refractivity contribution in [3.63, 3.8) is 0 Å². The molecule has 1 aromatic rings. The molecular formula is C11H17ClN2. The molecule has 1 rings (SSSR count). The molecule has 0 saturated heterocycles. The Bertz CT molecular complexity index is 276. The van der Waals surface area contributed by atoms with Crippen molar-refractivity contribution in [3.05, 3.63) is 23.9 Å². The number of halogens is 1. The smallest absolute Gasteiger partial charge is 0.132 e. The maximum absolute atomic E-state index is 5.84. The van der Waals surface area contributed by atoms with Gasteiger partial charge in [0, 0.05) is 25.4 Å². The molecule has 0 saturated carbocycles. The number of rotatable bonds is 5. The Labute approximate surface area is 90.9 Å². The van der Waals surface area contributed by atoms with Gasteiger partial charge in [-0.2, -0.15) is 0 Å². The van der Waals surface area contributed by atoms with E-state index in [0.29, 0.717) is 5.88 Å².